The van der Waals surface area contributed by atoms with Crippen molar-refractivity contribution >= 4 is 29.5 Å². The molecule has 0 aliphatic carbocycles. The van der Waals surface area contributed by atoms with E-state index in [1.54, 1.807) is 43.3 Å². The van der Waals surface area contributed by atoms with E-state index in [0.717, 1.165) is 5.56 Å². The number of hydrogen-bond acceptors (Lipinski definition) is 5. The number of hydrogen-bond donors (Lipinski definition) is 3. The lowest BCUT2D eigenvalue weighted by Crippen LogP contribution is -2.17. The van der Waals surface area contributed by atoms with Gasteiger partial charge in [0.2, 0.25) is 0 Å². The number of aromatic amines is 1. The Hall–Kier alpha value is -4.01. The van der Waals surface area contributed by atoms with Gasteiger partial charge in [0.15, 0.2) is 5.69 Å². The molecule has 0 spiro atoms. The Morgan fingerprint density at radius 2 is 1.91 bits per heavy atom. The molecule has 1 aromatic heterocycles. The number of H-pyrrole nitrogens is 1. The molecule has 3 N–H and O–H groups in total. The number of aryl methyl sites for hydroxylation is 3. The van der Waals surface area contributed by atoms with Crippen LogP contribution < -0.4 is 5.56 Å². The van der Waals surface area contributed by atoms with Crippen molar-refractivity contribution in [2.24, 2.45) is 10.2 Å². The van der Waals surface area contributed by atoms with E-state index in [0.29, 0.717) is 23.2 Å². The van der Waals surface area contributed by atoms with Crippen LogP contribution in [0.1, 0.15) is 35.2 Å². The van der Waals surface area contributed by atoms with Crippen molar-refractivity contribution in [1.82, 2.24) is 9.78 Å². The molecule has 0 atom stereocenters. The van der Waals surface area contributed by atoms with Crippen LogP contribution in [0.5, 0.6) is 5.75 Å². The average Bonchev–Trinajstić information content (AvgIpc) is 3.01. The molecule has 2 aromatic carbocycles. The van der Waals surface area contributed by atoms with Crippen molar-refractivity contribution in [3.63, 3.8) is 0 Å². The number of carbonyl (C=O) groups is 1. The first kappa shape index (κ1) is 22.7. The van der Waals surface area contributed by atoms with E-state index in [1.807, 2.05) is 6.92 Å². The highest BCUT2D eigenvalue weighted by molar-refractivity contribution is 5.76. The molecular formula is C23H23FN4O4. The first-order chi connectivity index (χ1) is 15.3. The third kappa shape index (κ3) is 5.37. The fraction of sp³-hybridized carbons (Fsp3) is 0.217. The Balaban J connectivity index is 1.82. The highest BCUT2D eigenvalue weighted by Gasteiger charge is 2.12. The number of aliphatic carboxylic acids is 1. The maximum absolute atomic E-state index is 13.5. The molecule has 0 saturated heterocycles. The summed E-state index contributed by atoms with van der Waals surface area (Å²) in [6, 6.07) is 9.37. The zero-order valence-corrected chi connectivity index (χ0v) is 17.7. The SMILES string of the molecule is Cc1ccc(F)cc1/C=C/c1cccc(N=Nc2c(C)[nH]n(CCCC(=O)O)c2=O)c1O. The van der Waals surface area contributed by atoms with E-state index in [2.05, 4.69) is 15.3 Å². The van der Waals surface area contributed by atoms with Gasteiger partial charge in [-0.2, -0.15) is 0 Å². The molecule has 0 saturated carbocycles. The van der Waals surface area contributed by atoms with E-state index in [-0.39, 0.29) is 35.9 Å². The Labute approximate surface area is 183 Å². The van der Waals surface area contributed by atoms with Gasteiger partial charge in [-0.05, 0) is 49.6 Å². The highest BCUT2D eigenvalue weighted by atomic mass is 19.1. The number of para-hydroxylation sites is 1. The molecule has 0 amide bonds. The van der Waals surface area contributed by atoms with Gasteiger partial charge in [0, 0.05) is 18.5 Å². The number of nitrogens with zero attached hydrogens (tertiary/aromatic N) is 3. The van der Waals surface area contributed by atoms with E-state index in [1.165, 1.54) is 16.8 Å². The Morgan fingerprint density at radius 1 is 1.16 bits per heavy atom. The Morgan fingerprint density at radius 3 is 2.66 bits per heavy atom. The van der Waals surface area contributed by atoms with Gasteiger partial charge in [0.25, 0.3) is 5.56 Å². The van der Waals surface area contributed by atoms with Crippen LogP contribution in [-0.2, 0) is 11.3 Å². The second-order valence-corrected chi connectivity index (χ2v) is 7.29. The molecule has 166 valence electrons. The zero-order valence-electron chi connectivity index (χ0n) is 17.7. The van der Waals surface area contributed by atoms with Crippen molar-refractivity contribution in [1.29, 1.82) is 0 Å². The molecule has 0 unspecified atom stereocenters. The van der Waals surface area contributed by atoms with Gasteiger partial charge >= 0.3 is 5.97 Å². The summed E-state index contributed by atoms with van der Waals surface area (Å²) in [5.41, 5.74) is 2.34. The molecule has 8 nitrogen and oxygen atoms in total. The van der Waals surface area contributed by atoms with Crippen LogP contribution in [0.4, 0.5) is 15.8 Å². The van der Waals surface area contributed by atoms with Crippen LogP contribution in [0.2, 0.25) is 0 Å². The lowest BCUT2D eigenvalue weighted by Gasteiger charge is -2.03. The fourth-order valence-electron chi connectivity index (χ4n) is 3.10. The number of aromatic nitrogens is 2. The minimum absolute atomic E-state index is 0.0509. The van der Waals surface area contributed by atoms with Gasteiger partial charge in [0.1, 0.15) is 17.3 Å². The zero-order chi connectivity index (χ0) is 23.3. The predicted molar refractivity (Wildman–Crippen MR) is 119 cm³/mol. The molecule has 0 aliphatic heterocycles. The molecule has 9 heteroatoms. The standard InChI is InChI=1S/C23H23FN4O4/c1-14-8-11-18(24)13-17(14)10-9-16-5-3-6-19(22(16)31)25-26-21-15(2)27-28(23(21)32)12-4-7-20(29)30/h3,5-6,8-11,13,27,31H,4,7,12H2,1-2H3,(H,29,30)/b10-9+,26-25?. The van der Waals surface area contributed by atoms with Crippen molar-refractivity contribution in [2.45, 2.75) is 33.2 Å². The number of azo groups is 1. The monoisotopic (exact) mass is 438 g/mol. The van der Waals surface area contributed by atoms with Gasteiger partial charge in [-0.3, -0.25) is 19.4 Å². The maximum Gasteiger partial charge on any atom is 0.303 e. The van der Waals surface area contributed by atoms with Crippen LogP contribution in [0.3, 0.4) is 0 Å². The largest absolute Gasteiger partial charge is 0.505 e. The summed E-state index contributed by atoms with van der Waals surface area (Å²) < 4.78 is 14.8. The van der Waals surface area contributed by atoms with Crippen LogP contribution in [0.15, 0.2) is 51.4 Å². The third-order valence-corrected chi connectivity index (χ3v) is 4.87. The van der Waals surface area contributed by atoms with Gasteiger partial charge in [-0.25, -0.2) is 4.39 Å². The van der Waals surface area contributed by atoms with Gasteiger partial charge < -0.3 is 10.2 Å². The van der Waals surface area contributed by atoms with Crippen LogP contribution >= 0.6 is 0 Å². The number of halogens is 1. The van der Waals surface area contributed by atoms with E-state index >= 15 is 0 Å². The Bertz CT molecular complexity index is 1260. The van der Waals surface area contributed by atoms with Crippen molar-refractivity contribution in [2.75, 3.05) is 0 Å². The molecular weight excluding hydrogens is 415 g/mol. The lowest BCUT2D eigenvalue weighted by atomic mass is 10.1. The van der Waals surface area contributed by atoms with Crippen molar-refractivity contribution in [3.8, 4) is 5.75 Å². The molecule has 1 heterocycles. The van der Waals surface area contributed by atoms with E-state index < -0.39 is 11.5 Å². The molecule has 32 heavy (non-hydrogen) atoms. The first-order valence-corrected chi connectivity index (χ1v) is 9.95. The van der Waals surface area contributed by atoms with Crippen LogP contribution in [-0.4, -0.2) is 26.0 Å². The van der Waals surface area contributed by atoms with Crippen molar-refractivity contribution < 1.29 is 19.4 Å². The summed E-state index contributed by atoms with van der Waals surface area (Å²) in [5.74, 6) is -1.41. The summed E-state index contributed by atoms with van der Waals surface area (Å²) in [6.45, 7) is 3.73. The molecule has 0 radical (unpaired) electrons. The number of benzene rings is 2. The van der Waals surface area contributed by atoms with Gasteiger partial charge in [-0.15, -0.1) is 10.2 Å². The number of phenols is 1. The fourth-order valence-corrected chi connectivity index (χ4v) is 3.10. The molecule has 3 rings (SSSR count). The highest BCUT2D eigenvalue weighted by Crippen LogP contribution is 2.32. The number of aromatic hydroxyl groups is 1. The Kier molecular flexibility index (Phi) is 6.99. The average molecular weight is 438 g/mol. The second kappa shape index (κ2) is 9.86. The topological polar surface area (TPSA) is 120 Å². The summed E-state index contributed by atoms with van der Waals surface area (Å²) >= 11 is 0. The quantitative estimate of drug-likeness (QED) is 0.335. The number of rotatable bonds is 8. The summed E-state index contributed by atoms with van der Waals surface area (Å²) in [7, 11) is 0. The predicted octanol–water partition coefficient (Wildman–Crippen LogP) is 5.09. The summed E-state index contributed by atoms with van der Waals surface area (Å²) in [5, 5.41) is 30.2. The number of carboxylic acid groups (broad SMARTS) is 1. The molecule has 0 bridgehead atoms. The second-order valence-electron chi connectivity index (χ2n) is 7.29. The van der Waals surface area contributed by atoms with Crippen molar-refractivity contribution in [3.05, 3.63) is 75.0 Å². The number of nitrogens with one attached hydrogen (secondary N) is 1. The van der Waals surface area contributed by atoms with Gasteiger partial charge in [0.05, 0.1) is 5.69 Å². The van der Waals surface area contributed by atoms with Gasteiger partial charge in [-0.1, -0.05) is 30.4 Å². The van der Waals surface area contributed by atoms with E-state index in [4.69, 9.17) is 5.11 Å². The third-order valence-electron chi connectivity index (χ3n) is 4.87. The minimum atomic E-state index is -0.932. The smallest absolute Gasteiger partial charge is 0.303 e. The first-order valence-electron chi connectivity index (χ1n) is 9.95. The molecule has 0 fully saturated rings. The lowest BCUT2D eigenvalue weighted by molar-refractivity contribution is -0.137. The number of phenolic OH excluding ortho intramolecular Hbond substituents is 1. The summed E-state index contributed by atoms with van der Waals surface area (Å²) in [6.07, 6.45) is 3.59. The molecule has 0 aliphatic rings. The van der Waals surface area contributed by atoms with Crippen LogP contribution in [0.25, 0.3) is 12.2 Å². The normalized spacial score (nSPS) is 11.6. The maximum atomic E-state index is 13.5. The minimum Gasteiger partial charge on any atom is -0.505 e. The van der Waals surface area contributed by atoms with Crippen LogP contribution in [0, 0.1) is 19.7 Å². The van der Waals surface area contributed by atoms with E-state index in [9.17, 15) is 19.1 Å². The number of carboxylic acids is 1. The summed E-state index contributed by atoms with van der Waals surface area (Å²) in [4.78, 5) is 23.1. The molecule has 3 aromatic rings.